The van der Waals surface area contributed by atoms with Crippen LogP contribution in [0.25, 0.3) is 10.8 Å². The third-order valence-electron chi connectivity index (χ3n) is 4.12. The van der Waals surface area contributed by atoms with E-state index in [4.69, 9.17) is 0 Å². The topological polar surface area (TPSA) is 0 Å². The average molecular weight is 303 g/mol. The van der Waals surface area contributed by atoms with E-state index in [9.17, 15) is 0 Å². The highest BCUT2D eigenvalue weighted by atomic mass is 79.9. The van der Waals surface area contributed by atoms with Gasteiger partial charge in [0.25, 0.3) is 0 Å². The van der Waals surface area contributed by atoms with Crippen molar-refractivity contribution in [2.75, 3.05) is 0 Å². The van der Waals surface area contributed by atoms with Crippen molar-refractivity contribution in [3.8, 4) is 0 Å². The third-order valence-corrected chi connectivity index (χ3v) is 4.96. The van der Waals surface area contributed by atoms with Crippen molar-refractivity contribution >= 4 is 26.7 Å². The van der Waals surface area contributed by atoms with E-state index in [0.29, 0.717) is 4.83 Å². The van der Waals surface area contributed by atoms with Crippen LogP contribution in [0.1, 0.15) is 43.6 Å². The van der Waals surface area contributed by atoms with E-state index in [2.05, 4.69) is 58.4 Å². The van der Waals surface area contributed by atoms with Crippen molar-refractivity contribution in [3.05, 3.63) is 48.0 Å². The van der Waals surface area contributed by atoms with Crippen LogP contribution >= 0.6 is 15.9 Å². The second-order valence-electron chi connectivity index (χ2n) is 5.38. The van der Waals surface area contributed by atoms with Crippen LogP contribution in [0, 0.1) is 0 Å². The van der Waals surface area contributed by atoms with Gasteiger partial charge in [-0.3, -0.25) is 0 Å². The van der Waals surface area contributed by atoms with E-state index in [0.717, 1.165) is 5.92 Å². The van der Waals surface area contributed by atoms with Crippen molar-refractivity contribution in [2.24, 2.45) is 0 Å². The Kier molecular flexibility index (Phi) is 3.69. The Morgan fingerprint density at radius 1 is 0.889 bits per heavy atom. The summed E-state index contributed by atoms with van der Waals surface area (Å²) in [5.41, 5.74) is 1.56. The zero-order valence-corrected chi connectivity index (χ0v) is 12.2. The lowest BCUT2D eigenvalue weighted by molar-refractivity contribution is 0.604. The van der Waals surface area contributed by atoms with Crippen molar-refractivity contribution < 1.29 is 0 Å². The van der Waals surface area contributed by atoms with Crippen LogP contribution in [0.5, 0.6) is 0 Å². The lowest BCUT2D eigenvalue weighted by Gasteiger charge is -2.18. The number of rotatable bonds is 1. The molecule has 3 rings (SSSR count). The summed E-state index contributed by atoms with van der Waals surface area (Å²) in [4.78, 5) is 0.698. The summed E-state index contributed by atoms with van der Waals surface area (Å²) in [5.74, 6) is 0.725. The molecule has 0 spiro atoms. The summed E-state index contributed by atoms with van der Waals surface area (Å²) in [6.07, 6.45) is 6.71. The van der Waals surface area contributed by atoms with Gasteiger partial charge in [-0.2, -0.15) is 0 Å². The van der Waals surface area contributed by atoms with Crippen molar-refractivity contribution in [3.63, 3.8) is 0 Å². The molecule has 2 atom stereocenters. The molecule has 0 saturated heterocycles. The van der Waals surface area contributed by atoms with Gasteiger partial charge in [-0.25, -0.2) is 0 Å². The summed E-state index contributed by atoms with van der Waals surface area (Å²) in [5, 5.41) is 2.83. The van der Waals surface area contributed by atoms with Crippen LogP contribution in [0.2, 0.25) is 0 Å². The van der Waals surface area contributed by atoms with Gasteiger partial charge in [0.15, 0.2) is 0 Å². The van der Waals surface area contributed by atoms with Gasteiger partial charge in [-0.05, 0) is 41.5 Å². The zero-order chi connectivity index (χ0) is 12.4. The lowest BCUT2D eigenvalue weighted by Crippen LogP contribution is -2.04. The first-order valence-corrected chi connectivity index (χ1v) is 7.88. The summed E-state index contributed by atoms with van der Waals surface area (Å²) in [7, 11) is 0. The molecule has 0 amide bonds. The first-order valence-electron chi connectivity index (χ1n) is 6.96. The molecular formula is C17H19Br. The highest BCUT2D eigenvalue weighted by Crippen LogP contribution is 2.37. The van der Waals surface area contributed by atoms with Crippen LogP contribution in [-0.2, 0) is 0 Å². The number of benzene rings is 2. The van der Waals surface area contributed by atoms with Crippen molar-refractivity contribution in [1.82, 2.24) is 0 Å². The van der Waals surface area contributed by atoms with Gasteiger partial charge in [-0.15, -0.1) is 0 Å². The van der Waals surface area contributed by atoms with Gasteiger partial charge in [0.2, 0.25) is 0 Å². The molecule has 94 valence electrons. The average Bonchev–Trinajstić information content (AvgIpc) is 2.63. The van der Waals surface area contributed by atoms with Gasteiger partial charge >= 0.3 is 0 Å². The number of fused-ring (bicyclic) bond motifs is 1. The first kappa shape index (κ1) is 12.2. The maximum absolute atomic E-state index is 3.84. The van der Waals surface area contributed by atoms with Crippen LogP contribution in [0.3, 0.4) is 0 Å². The highest BCUT2D eigenvalue weighted by Gasteiger charge is 2.20. The lowest BCUT2D eigenvalue weighted by atomic mass is 9.88. The molecular weight excluding hydrogens is 284 g/mol. The maximum Gasteiger partial charge on any atom is 0.0151 e. The third kappa shape index (κ3) is 2.47. The predicted molar refractivity (Wildman–Crippen MR) is 82.5 cm³/mol. The Bertz CT molecular complexity index is 527. The van der Waals surface area contributed by atoms with Crippen molar-refractivity contribution in [2.45, 2.75) is 42.8 Å². The van der Waals surface area contributed by atoms with E-state index in [1.165, 1.54) is 42.9 Å². The molecule has 1 aliphatic carbocycles. The summed E-state index contributed by atoms with van der Waals surface area (Å²) < 4.78 is 0. The fraction of sp³-hybridized carbons (Fsp3) is 0.412. The largest absolute Gasteiger partial charge is 0.0890 e. The number of alkyl halides is 1. The van der Waals surface area contributed by atoms with Gasteiger partial charge < -0.3 is 0 Å². The molecule has 0 radical (unpaired) electrons. The van der Waals surface area contributed by atoms with Crippen molar-refractivity contribution in [1.29, 1.82) is 0 Å². The van der Waals surface area contributed by atoms with Gasteiger partial charge in [-0.1, -0.05) is 71.2 Å². The van der Waals surface area contributed by atoms with E-state index in [1.54, 1.807) is 5.56 Å². The molecule has 1 heteroatoms. The second-order valence-corrected chi connectivity index (χ2v) is 6.68. The SMILES string of the molecule is BrC1CCCCC(c2cccc3ccccc23)C1. The van der Waals surface area contributed by atoms with Crippen LogP contribution in [0.15, 0.2) is 42.5 Å². The quantitative estimate of drug-likeness (QED) is 0.471. The molecule has 2 aromatic carbocycles. The fourth-order valence-electron chi connectivity index (χ4n) is 3.19. The number of hydrogen-bond acceptors (Lipinski definition) is 0. The Hall–Kier alpha value is -0.820. The molecule has 1 aliphatic rings. The number of halogens is 1. The van der Waals surface area contributed by atoms with Gasteiger partial charge in [0, 0.05) is 4.83 Å². The zero-order valence-electron chi connectivity index (χ0n) is 10.6. The smallest absolute Gasteiger partial charge is 0.0151 e. The minimum absolute atomic E-state index is 0.698. The molecule has 1 saturated carbocycles. The molecule has 0 N–H and O–H groups in total. The minimum atomic E-state index is 0.698. The molecule has 1 fully saturated rings. The first-order chi connectivity index (χ1) is 8.84. The molecule has 18 heavy (non-hydrogen) atoms. The Labute approximate surface area is 118 Å². The Morgan fingerprint density at radius 3 is 2.61 bits per heavy atom. The van der Waals surface area contributed by atoms with E-state index in [1.807, 2.05) is 0 Å². The number of hydrogen-bond donors (Lipinski definition) is 0. The maximum atomic E-state index is 3.84. The molecule has 0 aromatic heterocycles. The summed E-state index contributed by atoms with van der Waals surface area (Å²) in [6, 6.07) is 15.6. The van der Waals surface area contributed by atoms with Gasteiger partial charge in [0.1, 0.15) is 0 Å². The molecule has 0 bridgehead atoms. The Balaban J connectivity index is 2.02. The molecule has 0 aliphatic heterocycles. The van der Waals surface area contributed by atoms with E-state index < -0.39 is 0 Å². The standard InChI is InChI=1S/C17H19Br/c18-15-9-3-1-7-14(12-15)17-11-5-8-13-6-2-4-10-16(13)17/h2,4-6,8,10-11,14-15H,1,3,7,9,12H2. The predicted octanol–water partition coefficient (Wildman–Crippen LogP) is 5.65. The summed E-state index contributed by atoms with van der Waals surface area (Å²) in [6.45, 7) is 0. The molecule has 0 nitrogen and oxygen atoms in total. The molecule has 2 unspecified atom stereocenters. The Morgan fingerprint density at radius 2 is 1.67 bits per heavy atom. The van der Waals surface area contributed by atoms with E-state index >= 15 is 0 Å². The second kappa shape index (κ2) is 5.44. The highest BCUT2D eigenvalue weighted by molar-refractivity contribution is 9.09. The van der Waals surface area contributed by atoms with Crippen LogP contribution in [-0.4, -0.2) is 4.83 Å². The normalized spacial score (nSPS) is 24.9. The van der Waals surface area contributed by atoms with Crippen LogP contribution in [0.4, 0.5) is 0 Å². The van der Waals surface area contributed by atoms with E-state index in [-0.39, 0.29) is 0 Å². The monoisotopic (exact) mass is 302 g/mol. The molecule has 0 heterocycles. The summed E-state index contributed by atoms with van der Waals surface area (Å²) >= 11 is 3.84. The van der Waals surface area contributed by atoms with Crippen LogP contribution < -0.4 is 0 Å². The minimum Gasteiger partial charge on any atom is -0.0890 e. The van der Waals surface area contributed by atoms with Gasteiger partial charge in [0.05, 0.1) is 0 Å². The molecule has 2 aromatic rings. The fourth-order valence-corrected chi connectivity index (χ4v) is 3.96.